The molecule has 0 bridgehead atoms. The number of ether oxygens (including phenoxy) is 2. The number of carbonyl (C=O) groups is 1. The second-order valence-corrected chi connectivity index (χ2v) is 1.98. The standard InChI is InChI=1S/C8H14O4/c1-3-11-7(9)5-6-8(10)12-4-2/h5,9H,3-4,6H2,1-2H3/b7-5+. The highest BCUT2D eigenvalue weighted by atomic mass is 16.6. The zero-order valence-corrected chi connectivity index (χ0v) is 7.37. The SMILES string of the molecule is CCOC(=O)C/C=C(\O)OCC. The Hall–Kier alpha value is -1.19. The van der Waals surface area contributed by atoms with Crippen LogP contribution in [-0.2, 0) is 14.3 Å². The second-order valence-electron chi connectivity index (χ2n) is 1.98. The molecule has 0 aromatic carbocycles. The Balaban J connectivity index is 3.63. The molecule has 0 aromatic heterocycles. The van der Waals surface area contributed by atoms with Gasteiger partial charge in [0.1, 0.15) is 0 Å². The number of hydrogen-bond acceptors (Lipinski definition) is 4. The van der Waals surface area contributed by atoms with Gasteiger partial charge in [0.25, 0.3) is 5.95 Å². The van der Waals surface area contributed by atoms with Gasteiger partial charge in [-0.25, -0.2) is 0 Å². The molecular weight excluding hydrogens is 160 g/mol. The molecule has 0 saturated heterocycles. The summed E-state index contributed by atoms with van der Waals surface area (Å²) in [5, 5.41) is 8.90. The Morgan fingerprint density at radius 2 is 1.92 bits per heavy atom. The molecule has 0 aromatic rings. The normalized spacial score (nSPS) is 11.0. The van der Waals surface area contributed by atoms with Crippen molar-refractivity contribution in [2.45, 2.75) is 20.3 Å². The first-order chi connectivity index (χ1) is 5.70. The molecule has 0 radical (unpaired) electrons. The van der Waals surface area contributed by atoms with Crippen molar-refractivity contribution in [1.82, 2.24) is 0 Å². The fraction of sp³-hybridized carbons (Fsp3) is 0.625. The van der Waals surface area contributed by atoms with Gasteiger partial charge in [0.15, 0.2) is 0 Å². The van der Waals surface area contributed by atoms with Crippen molar-refractivity contribution in [3.8, 4) is 0 Å². The number of hydrogen-bond donors (Lipinski definition) is 1. The third kappa shape index (κ3) is 5.58. The number of carbonyl (C=O) groups excluding carboxylic acids is 1. The zero-order chi connectivity index (χ0) is 9.40. The van der Waals surface area contributed by atoms with Crippen LogP contribution in [0, 0.1) is 0 Å². The molecule has 4 heteroatoms. The molecule has 1 N–H and O–H groups in total. The van der Waals surface area contributed by atoms with Crippen LogP contribution in [0.5, 0.6) is 0 Å². The maximum atomic E-state index is 10.7. The molecule has 70 valence electrons. The molecule has 0 saturated carbocycles. The van der Waals surface area contributed by atoms with E-state index in [1.807, 2.05) is 0 Å². The van der Waals surface area contributed by atoms with Gasteiger partial charge in [0, 0.05) is 6.08 Å². The predicted octanol–water partition coefficient (Wildman–Crippen LogP) is 1.38. The average molecular weight is 174 g/mol. The van der Waals surface area contributed by atoms with Crippen LogP contribution >= 0.6 is 0 Å². The van der Waals surface area contributed by atoms with Crippen molar-refractivity contribution >= 4 is 5.97 Å². The lowest BCUT2D eigenvalue weighted by Gasteiger charge is -2.00. The van der Waals surface area contributed by atoms with E-state index in [2.05, 4.69) is 9.47 Å². The van der Waals surface area contributed by atoms with E-state index < -0.39 is 0 Å². The third-order valence-electron chi connectivity index (χ3n) is 1.04. The number of aliphatic hydroxyl groups is 1. The molecule has 0 unspecified atom stereocenters. The van der Waals surface area contributed by atoms with Gasteiger partial charge >= 0.3 is 5.97 Å². The molecule has 0 spiro atoms. The Bertz CT molecular complexity index is 162. The van der Waals surface area contributed by atoms with Crippen LogP contribution < -0.4 is 0 Å². The topological polar surface area (TPSA) is 55.8 Å². The smallest absolute Gasteiger partial charge is 0.309 e. The fourth-order valence-electron chi connectivity index (χ4n) is 0.597. The first-order valence-electron chi connectivity index (χ1n) is 3.88. The lowest BCUT2D eigenvalue weighted by Crippen LogP contribution is -2.02. The Morgan fingerprint density at radius 1 is 1.33 bits per heavy atom. The Kier molecular flexibility index (Phi) is 5.87. The van der Waals surface area contributed by atoms with Gasteiger partial charge in [-0.05, 0) is 13.8 Å². The van der Waals surface area contributed by atoms with Crippen molar-refractivity contribution in [2.24, 2.45) is 0 Å². The first kappa shape index (κ1) is 10.8. The van der Waals surface area contributed by atoms with Crippen LogP contribution in [0.25, 0.3) is 0 Å². The summed E-state index contributed by atoms with van der Waals surface area (Å²) in [4.78, 5) is 10.7. The molecule has 12 heavy (non-hydrogen) atoms. The monoisotopic (exact) mass is 174 g/mol. The van der Waals surface area contributed by atoms with Crippen LogP contribution in [0.15, 0.2) is 12.0 Å². The van der Waals surface area contributed by atoms with Gasteiger partial charge < -0.3 is 14.6 Å². The van der Waals surface area contributed by atoms with E-state index >= 15 is 0 Å². The van der Waals surface area contributed by atoms with Crippen LogP contribution in [0.4, 0.5) is 0 Å². The zero-order valence-electron chi connectivity index (χ0n) is 7.37. The molecule has 0 aliphatic carbocycles. The second kappa shape index (κ2) is 6.52. The maximum Gasteiger partial charge on any atom is 0.309 e. The van der Waals surface area contributed by atoms with Crippen molar-refractivity contribution < 1.29 is 19.4 Å². The number of esters is 1. The highest BCUT2D eigenvalue weighted by molar-refractivity contribution is 5.71. The van der Waals surface area contributed by atoms with Gasteiger partial charge in [-0.2, -0.15) is 0 Å². The van der Waals surface area contributed by atoms with E-state index in [0.29, 0.717) is 13.2 Å². The van der Waals surface area contributed by atoms with E-state index in [9.17, 15) is 4.79 Å². The van der Waals surface area contributed by atoms with Gasteiger partial charge in [0.2, 0.25) is 0 Å². The molecule has 0 fully saturated rings. The van der Waals surface area contributed by atoms with Gasteiger partial charge in [0.05, 0.1) is 19.6 Å². The predicted molar refractivity (Wildman–Crippen MR) is 43.6 cm³/mol. The average Bonchev–Trinajstić information content (AvgIpc) is 2.02. The summed E-state index contributed by atoms with van der Waals surface area (Å²) >= 11 is 0. The van der Waals surface area contributed by atoms with E-state index in [-0.39, 0.29) is 18.3 Å². The summed E-state index contributed by atoms with van der Waals surface area (Å²) < 4.78 is 9.30. The van der Waals surface area contributed by atoms with Gasteiger partial charge in [-0.15, -0.1) is 0 Å². The number of aliphatic hydroxyl groups excluding tert-OH is 1. The van der Waals surface area contributed by atoms with E-state index in [1.165, 1.54) is 6.08 Å². The summed E-state index contributed by atoms with van der Waals surface area (Å²) in [6.45, 7) is 4.20. The van der Waals surface area contributed by atoms with Crippen LogP contribution in [-0.4, -0.2) is 24.3 Å². The lowest BCUT2D eigenvalue weighted by molar-refractivity contribution is -0.142. The minimum atomic E-state index is -0.372. The molecule has 0 rings (SSSR count). The van der Waals surface area contributed by atoms with Crippen LogP contribution in [0.2, 0.25) is 0 Å². The minimum absolute atomic E-state index is 0.0413. The van der Waals surface area contributed by atoms with Crippen molar-refractivity contribution in [3.63, 3.8) is 0 Å². The molecular formula is C8H14O4. The Labute approximate surface area is 71.8 Å². The molecule has 0 heterocycles. The summed E-state index contributed by atoms with van der Waals surface area (Å²) in [7, 11) is 0. The quantitative estimate of drug-likeness (QED) is 0.505. The van der Waals surface area contributed by atoms with Crippen LogP contribution in [0.1, 0.15) is 20.3 Å². The molecule has 0 aliphatic rings. The summed E-state index contributed by atoms with van der Waals surface area (Å²) in [6, 6.07) is 0. The largest absolute Gasteiger partial charge is 0.481 e. The molecule has 4 nitrogen and oxygen atoms in total. The lowest BCUT2D eigenvalue weighted by atomic mass is 10.4. The van der Waals surface area contributed by atoms with Gasteiger partial charge in [-0.3, -0.25) is 4.79 Å². The van der Waals surface area contributed by atoms with Gasteiger partial charge in [-0.1, -0.05) is 0 Å². The minimum Gasteiger partial charge on any atom is -0.481 e. The molecule has 0 atom stereocenters. The highest BCUT2D eigenvalue weighted by Crippen LogP contribution is 1.95. The molecule has 0 aliphatic heterocycles. The summed E-state index contributed by atoms with van der Waals surface area (Å²) in [6.07, 6.45) is 1.32. The maximum absolute atomic E-state index is 10.7. The fourth-order valence-corrected chi connectivity index (χ4v) is 0.597. The third-order valence-corrected chi connectivity index (χ3v) is 1.04. The van der Waals surface area contributed by atoms with Crippen LogP contribution in [0.3, 0.4) is 0 Å². The van der Waals surface area contributed by atoms with Crippen molar-refractivity contribution in [1.29, 1.82) is 0 Å². The number of rotatable bonds is 5. The summed E-state index contributed by atoms with van der Waals surface area (Å²) in [5.41, 5.74) is 0. The van der Waals surface area contributed by atoms with E-state index in [0.717, 1.165) is 0 Å². The van der Waals surface area contributed by atoms with Crippen molar-refractivity contribution in [2.75, 3.05) is 13.2 Å². The van der Waals surface area contributed by atoms with Crippen molar-refractivity contribution in [3.05, 3.63) is 12.0 Å². The van der Waals surface area contributed by atoms with E-state index in [4.69, 9.17) is 5.11 Å². The first-order valence-corrected chi connectivity index (χ1v) is 3.88. The highest BCUT2D eigenvalue weighted by Gasteiger charge is 1.99. The Morgan fingerprint density at radius 3 is 2.42 bits per heavy atom. The van der Waals surface area contributed by atoms with E-state index in [1.54, 1.807) is 13.8 Å². The molecule has 0 amide bonds. The summed E-state index contributed by atoms with van der Waals surface area (Å²) in [5.74, 6) is -0.602.